The van der Waals surface area contributed by atoms with E-state index in [2.05, 4.69) is 62.1 Å². The number of nitrogens with two attached hydrogens (primary N) is 4. The molecule has 56 heteroatoms. The van der Waals surface area contributed by atoms with Crippen LogP contribution in [0.4, 0.5) is 11.4 Å². The Bertz CT molecular complexity index is 4850. The molecule has 0 aliphatic carbocycles. The Kier molecular flexibility index (Phi) is 42.5. The highest BCUT2D eigenvalue weighted by molar-refractivity contribution is 7.64. The fourth-order valence-electron chi connectivity index (χ4n) is 12.4. The number of aliphatic hydroxyl groups is 6. The van der Waals surface area contributed by atoms with Crippen LogP contribution < -0.4 is 33.1 Å². The summed E-state index contributed by atoms with van der Waals surface area (Å²) >= 11 is 10.9. The fourth-order valence-corrected chi connectivity index (χ4v) is 20.2. The van der Waals surface area contributed by atoms with Gasteiger partial charge in [0, 0.05) is 31.7 Å². The number of esters is 1. The van der Waals surface area contributed by atoms with Crippen LogP contribution in [0.1, 0.15) is 167 Å². The van der Waals surface area contributed by atoms with Gasteiger partial charge in [-0.1, -0.05) is 97.0 Å². The van der Waals surface area contributed by atoms with Gasteiger partial charge >= 0.3 is 52.7 Å². The van der Waals surface area contributed by atoms with Gasteiger partial charge in [0.1, 0.15) is 89.4 Å². The molecule has 19 atom stereocenters. The number of aromatic amines is 1. The van der Waals surface area contributed by atoms with Gasteiger partial charge < -0.3 is 80.7 Å². The number of aromatic nitrogens is 10. The van der Waals surface area contributed by atoms with Gasteiger partial charge in [-0.2, -0.15) is 12.9 Å². The molecule has 3 saturated heterocycles. The van der Waals surface area contributed by atoms with Crippen LogP contribution in [-0.2, 0) is 106 Å². The van der Waals surface area contributed by atoms with Crippen LogP contribution in [0.5, 0.6) is 0 Å². The molecule has 0 saturated carbocycles. The molecule has 3 fully saturated rings. The number of hydrogen-bond donors (Lipinski definition) is 15. The molecule has 9 rings (SSSR count). The van der Waals surface area contributed by atoms with E-state index >= 15 is 0 Å². The molecule has 48 nitrogen and oxygen atoms in total. The first-order valence-electron chi connectivity index (χ1n) is 39.3. The zero-order valence-electron chi connectivity index (χ0n) is 67.9. The normalized spacial score (nSPS) is 24.0. The lowest BCUT2D eigenvalue weighted by atomic mass is 10.0. The van der Waals surface area contributed by atoms with E-state index in [4.69, 9.17) is 96.1 Å². The van der Waals surface area contributed by atoms with Gasteiger partial charge in [-0.25, -0.2) is 73.4 Å². The number of alkyl halides is 2. The molecule has 0 bridgehead atoms. The number of carbonyl (C=O) groups is 4. The SMILES string of the molecule is C=CC(=O)CCCOP(N)(=O)OP(=O)(O)OC[C@H]1O[C@@H](n2cnc3c(N)ccnc32)[C@H](O)[C@@H]1O.CCCCCCCCCCCCCCCCOC(=O)[C@H](C)NP(=O)(OCCCC(=O)CCl)OP(=O)(O)OC[C@H]1O[C@@H](n2cnc3c(=O)[nH]c(C)nc32)[C@H](O)[C@@H]1O.Nc1ccnc2c1ncn2[C@@H]1O[C@H](COP(=O)(O)OP(N)(=O)OCCCC(=O)CCl)[C@@H](O)[C@H]1O. The van der Waals surface area contributed by atoms with Crippen molar-refractivity contribution in [3.05, 3.63) is 72.3 Å². The summed E-state index contributed by atoms with van der Waals surface area (Å²) in [6.07, 6.45) is 7.58. The Morgan fingerprint density at radius 1 is 0.532 bits per heavy atom. The number of H-pyrrole nitrogens is 1. The molecule has 6 unspecified atom stereocenters. The lowest BCUT2D eigenvalue weighted by molar-refractivity contribution is -0.145. The second kappa shape index (κ2) is 50.0. The smallest absolute Gasteiger partial charge is 0.465 e. The number of ketones is 3. The fraction of sp³-hybridized carbons (Fsp3) is 0.662. The summed E-state index contributed by atoms with van der Waals surface area (Å²) in [5, 5.41) is 65.1. The second-order valence-corrected chi connectivity index (χ2v) is 38.9. The average molecular weight is 1920 g/mol. The van der Waals surface area contributed by atoms with Crippen molar-refractivity contribution in [3.8, 4) is 0 Å². The molecule has 3 aliphatic heterocycles. The van der Waals surface area contributed by atoms with E-state index in [0.717, 1.165) is 25.3 Å². The predicted molar refractivity (Wildman–Crippen MR) is 442 cm³/mol. The number of nitrogens with zero attached hydrogens (tertiary/aromatic N) is 9. The number of ether oxygens (including phenoxy) is 4. The number of pyridine rings is 2. The number of nitrogens with one attached hydrogen (secondary N) is 2. The zero-order chi connectivity index (χ0) is 91.3. The van der Waals surface area contributed by atoms with E-state index in [0.29, 0.717) is 28.8 Å². The summed E-state index contributed by atoms with van der Waals surface area (Å²) < 4.78 is 144. The molecule has 698 valence electrons. The van der Waals surface area contributed by atoms with Crippen LogP contribution in [-0.4, -0.2) is 236 Å². The summed E-state index contributed by atoms with van der Waals surface area (Å²) in [5.41, 5.74) is 23.7. The first-order valence-corrected chi connectivity index (χ1v) is 49.6. The number of Topliss-reactive ketones (excluding diaryl/α,β-unsaturated/α-hetero) is 2. The van der Waals surface area contributed by atoms with Crippen molar-refractivity contribution in [2.75, 3.05) is 69.5 Å². The number of aliphatic hydroxyl groups excluding tert-OH is 6. The maximum atomic E-state index is 13.7. The highest BCUT2D eigenvalue weighted by atomic mass is 35.5. The number of carbonyl (C=O) groups excluding carboxylic acids is 4. The molecule has 0 aromatic carbocycles. The maximum Gasteiger partial charge on any atom is 0.480 e. The summed E-state index contributed by atoms with van der Waals surface area (Å²) in [6.45, 7) is 5.19. The standard InChI is InChI=1S/C35H60ClN5O13P2.C17H25N5O10P2.C16H24ClN5O10P2/c1-4-5-6-7-8-9-10-11-12-13-14-15-16-17-20-50-35(46)25(2)40-55(47,51-21-18-19-27(42)22-36)54-56(48,49)52-23-28-30(43)31(44)34(53-28)41-24-37-29-32(41)38-26(3)39-33(29)45;1-2-10(23)4-3-7-29-33(19,26)32-34(27,28)30-8-12-14(24)15(25)17(31-12)22-9-21-13-11(18)5-6-20-16(13)22;17-6-9(23)2-1-5-29-33(19,26)32-34(27,28)30-7-11-13(24)14(25)16(31-11)22-8-21-12-10(18)3-4-20-15(12)22/h24-25,28,30-31,34,43-44H,4-23H2,1-3H3,(H,40,47)(H,48,49)(H,38,39,45);2,5-6,9,12,14-15,17,24-25H,1,3-4,7-8H2,(H2,18,20)(H2,19,26)(H,27,28);3-4,8,11,13-14,16,24-25H,1-2,5-7H2,(H2,18,20)(H2,19,26)(H,27,28)/t25-,28+,30+,31+,34+,55?;12-,14-,15-,17-,33?;11-,13-,14-,16-,33?/m011/s1. The Balaban J connectivity index is 0.000000269. The van der Waals surface area contributed by atoms with Crippen LogP contribution in [0.25, 0.3) is 33.5 Å². The van der Waals surface area contributed by atoms with Gasteiger partial charge in [-0.15, -0.1) is 23.2 Å². The lowest BCUT2D eigenvalue weighted by Gasteiger charge is -2.24. The summed E-state index contributed by atoms with van der Waals surface area (Å²) in [5.74, 6) is -1.84. The van der Waals surface area contributed by atoms with Crippen molar-refractivity contribution in [1.82, 2.24) is 53.7 Å². The molecule has 9 heterocycles. The quantitative estimate of drug-likeness (QED) is 0.00619. The number of halogens is 2. The van der Waals surface area contributed by atoms with Crippen LogP contribution in [0.15, 0.2) is 61.0 Å². The number of anilines is 2. The zero-order valence-corrected chi connectivity index (χ0v) is 74.8. The molecular weight excluding hydrogens is 1810 g/mol. The Labute approximate surface area is 720 Å². The summed E-state index contributed by atoms with van der Waals surface area (Å²) in [7, 11) is -29.2. The number of phosphoric ester groups is 3. The van der Waals surface area contributed by atoms with Crippen LogP contribution in [0, 0.1) is 6.92 Å². The number of fused-ring (bicyclic) bond motifs is 3. The molecule has 0 spiro atoms. The number of unbranched alkanes of at least 4 members (excludes halogenated alkanes) is 13. The van der Waals surface area contributed by atoms with Gasteiger partial charge in [-0.05, 0) is 57.7 Å². The van der Waals surface area contributed by atoms with Crippen molar-refractivity contribution in [1.29, 1.82) is 0 Å². The third-order valence-electron chi connectivity index (χ3n) is 18.8. The van der Waals surface area contributed by atoms with E-state index in [-0.39, 0.29) is 122 Å². The Morgan fingerprint density at radius 3 is 1.31 bits per heavy atom. The van der Waals surface area contributed by atoms with Crippen LogP contribution in [0.3, 0.4) is 0 Å². The number of aryl methyl sites for hydroxylation is 1. The maximum absolute atomic E-state index is 13.7. The molecule has 0 amide bonds. The summed E-state index contributed by atoms with van der Waals surface area (Å²) in [6, 6.07) is 1.76. The molecule has 19 N–H and O–H groups in total. The molecule has 3 aliphatic rings. The predicted octanol–water partition coefficient (Wildman–Crippen LogP) is 6.72. The minimum atomic E-state index is -5.30. The highest BCUT2D eigenvalue weighted by Crippen LogP contribution is 2.62. The van der Waals surface area contributed by atoms with E-state index in [1.165, 1.54) is 135 Å². The average Bonchev–Trinajstić information content (AvgIpc) is 1.63. The van der Waals surface area contributed by atoms with Crippen molar-refractivity contribution in [3.63, 3.8) is 0 Å². The van der Waals surface area contributed by atoms with E-state index < -0.39 is 158 Å². The highest BCUT2D eigenvalue weighted by Gasteiger charge is 2.50. The van der Waals surface area contributed by atoms with E-state index in [1.807, 2.05) is 0 Å². The Hall–Kier alpha value is -5.59. The third kappa shape index (κ3) is 32.8. The number of nitrogen functional groups attached to an aromatic ring is 2. The second-order valence-electron chi connectivity index (χ2n) is 28.6. The minimum absolute atomic E-state index is 0.0275. The van der Waals surface area contributed by atoms with Gasteiger partial charge in [0.15, 0.2) is 46.9 Å². The number of hydrogen-bond acceptors (Lipinski definition) is 38. The number of rotatable bonds is 54. The van der Waals surface area contributed by atoms with Crippen molar-refractivity contribution in [2.24, 2.45) is 11.0 Å². The monoisotopic (exact) mass is 1920 g/mol. The van der Waals surface area contributed by atoms with Crippen LogP contribution >= 0.6 is 69.9 Å². The number of imidazole rings is 3. The molecule has 124 heavy (non-hydrogen) atoms. The molecular formula is C68H109Cl2N15O33P6. The van der Waals surface area contributed by atoms with Gasteiger partial charge in [0.05, 0.1) is 88.4 Å². The molecule has 0 radical (unpaired) electrons. The van der Waals surface area contributed by atoms with Gasteiger partial charge in [0.2, 0.25) is 0 Å². The first kappa shape index (κ1) is 105. The van der Waals surface area contributed by atoms with E-state index in [1.54, 1.807) is 0 Å². The number of allylic oxidation sites excluding steroid dienone is 1. The third-order valence-corrected chi connectivity index (χ3v) is 28.3. The van der Waals surface area contributed by atoms with Crippen molar-refractivity contribution < 1.29 is 151 Å². The van der Waals surface area contributed by atoms with Crippen molar-refractivity contribution in [2.45, 2.75) is 229 Å². The first-order chi connectivity index (χ1) is 58.6. The van der Waals surface area contributed by atoms with Crippen LogP contribution in [0.2, 0.25) is 0 Å². The lowest BCUT2D eigenvalue weighted by Crippen LogP contribution is -2.35. The topological polar surface area (TPSA) is 714 Å². The van der Waals surface area contributed by atoms with Gasteiger partial charge in [0.25, 0.3) is 5.56 Å². The molecule has 6 aromatic heterocycles. The summed E-state index contributed by atoms with van der Waals surface area (Å²) in [4.78, 5) is 116. The Morgan fingerprint density at radius 2 is 0.903 bits per heavy atom. The minimum Gasteiger partial charge on any atom is -0.465 e. The number of phosphoric acid groups is 3. The largest absolute Gasteiger partial charge is 0.480 e. The van der Waals surface area contributed by atoms with Gasteiger partial charge in [-0.3, -0.25) is 64.8 Å². The molecule has 6 aromatic rings. The van der Waals surface area contributed by atoms with Crippen molar-refractivity contribution >= 4 is 138 Å². The van der Waals surface area contributed by atoms with E-state index in [9.17, 15) is 96.7 Å².